The second kappa shape index (κ2) is 11.4. The molecule has 0 saturated heterocycles. The van der Waals surface area contributed by atoms with Gasteiger partial charge < -0.3 is 9.55 Å². The molecule has 6 rings (SSSR count). The Hall–Kier alpha value is -4.35. The fourth-order valence-electron chi connectivity index (χ4n) is 4.17. The number of hydrogen-bond donors (Lipinski definition) is 0. The van der Waals surface area contributed by atoms with Crippen LogP contribution in [0.2, 0.25) is 0 Å². The van der Waals surface area contributed by atoms with E-state index >= 15 is 0 Å². The molecular formula is C30H19IrN5-2. The van der Waals surface area contributed by atoms with E-state index in [1.165, 1.54) is 11.1 Å². The van der Waals surface area contributed by atoms with Gasteiger partial charge in [-0.15, -0.1) is 47.5 Å². The molecule has 0 amide bonds. The summed E-state index contributed by atoms with van der Waals surface area (Å²) in [4.78, 5) is 15.7. The van der Waals surface area contributed by atoms with Crippen LogP contribution in [0.5, 0.6) is 0 Å². The second-order valence-corrected chi connectivity index (χ2v) is 7.84. The maximum atomic E-state index is 7.39. The van der Waals surface area contributed by atoms with Crippen molar-refractivity contribution in [3.8, 4) is 33.8 Å². The molecule has 0 fully saturated rings. The van der Waals surface area contributed by atoms with Crippen molar-refractivity contribution in [3.63, 3.8) is 0 Å². The van der Waals surface area contributed by atoms with Crippen molar-refractivity contribution in [2.24, 2.45) is 0 Å². The molecule has 5 aromatic rings. The van der Waals surface area contributed by atoms with Crippen LogP contribution >= 0.6 is 0 Å². The predicted octanol–water partition coefficient (Wildman–Crippen LogP) is 7.22. The zero-order valence-corrected chi connectivity index (χ0v) is 21.5. The molecule has 0 saturated carbocycles. The molecular weight excluding hydrogens is 623 g/mol. The zero-order valence-electron chi connectivity index (χ0n) is 19.1. The van der Waals surface area contributed by atoms with E-state index in [-0.39, 0.29) is 20.1 Å². The van der Waals surface area contributed by atoms with E-state index < -0.39 is 0 Å². The maximum Gasteiger partial charge on any atom is 0.176 e. The number of pyridine rings is 1. The molecule has 0 N–H and O–H groups in total. The van der Waals surface area contributed by atoms with Gasteiger partial charge in [0, 0.05) is 45.2 Å². The van der Waals surface area contributed by atoms with Crippen molar-refractivity contribution >= 4 is 11.4 Å². The van der Waals surface area contributed by atoms with Gasteiger partial charge in [0.2, 0.25) is 0 Å². The summed E-state index contributed by atoms with van der Waals surface area (Å²) in [6.45, 7) is 15.6. The summed E-state index contributed by atoms with van der Waals surface area (Å²) in [5.74, 6) is 1.06. The minimum Gasteiger partial charge on any atom is -0.371 e. The van der Waals surface area contributed by atoms with Crippen LogP contribution in [0.1, 0.15) is 5.56 Å². The van der Waals surface area contributed by atoms with Gasteiger partial charge in [0.05, 0.1) is 19.0 Å². The Labute approximate surface area is 224 Å². The van der Waals surface area contributed by atoms with Crippen LogP contribution in [-0.2, 0) is 33.1 Å². The van der Waals surface area contributed by atoms with E-state index in [9.17, 15) is 0 Å². The van der Waals surface area contributed by atoms with Gasteiger partial charge in [0.25, 0.3) is 0 Å². The molecule has 3 aromatic carbocycles. The Morgan fingerprint density at radius 2 is 1.64 bits per heavy atom. The van der Waals surface area contributed by atoms with Crippen LogP contribution in [0, 0.1) is 25.3 Å². The summed E-state index contributed by atoms with van der Waals surface area (Å²) >= 11 is 0. The fourth-order valence-corrected chi connectivity index (χ4v) is 4.17. The number of hydrogen-bond acceptors (Lipinski definition) is 2. The first-order chi connectivity index (χ1) is 17.3. The predicted molar refractivity (Wildman–Crippen MR) is 137 cm³/mol. The number of fused-ring (bicyclic) bond motifs is 3. The molecule has 5 nitrogen and oxygen atoms in total. The van der Waals surface area contributed by atoms with E-state index in [4.69, 9.17) is 13.1 Å². The molecule has 0 unspecified atom stereocenters. The zero-order chi connectivity index (χ0) is 24.0. The van der Waals surface area contributed by atoms with Gasteiger partial charge in [-0.1, -0.05) is 42.0 Å². The van der Waals surface area contributed by atoms with Gasteiger partial charge >= 0.3 is 0 Å². The smallest absolute Gasteiger partial charge is 0.176 e. The number of nitrogens with zero attached hydrogens (tertiary/aromatic N) is 5. The third kappa shape index (κ3) is 4.88. The van der Waals surface area contributed by atoms with Crippen molar-refractivity contribution in [1.82, 2.24) is 14.5 Å². The van der Waals surface area contributed by atoms with Crippen molar-refractivity contribution in [2.45, 2.75) is 13.0 Å². The van der Waals surface area contributed by atoms with Gasteiger partial charge in [-0.3, -0.25) is 14.7 Å². The molecule has 3 heterocycles. The summed E-state index contributed by atoms with van der Waals surface area (Å²) < 4.78 is 2.18. The topological polar surface area (TPSA) is 39.4 Å². The van der Waals surface area contributed by atoms with E-state index in [1.54, 1.807) is 18.3 Å². The Morgan fingerprint density at radius 1 is 0.806 bits per heavy atom. The molecule has 1 aliphatic rings. The van der Waals surface area contributed by atoms with E-state index in [1.807, 2.05) is 67.0 Å². The molecule has 6 heteroatoms. The molecule has 0 aliphatic carbocycles. The quantitative estimate of drug-likeness (QED) is 0.191. The molecule has 0 atom stereocenters. The number of aryl methyl sites for hydroxylation is 2. The SMILES string of the molecule is [C-]#[N+]c1cc[c-]c(-c2ncccc2-c2ccccc2)c1[N+]#[C-].[Ir].[c-]1cccc2c1-c1nccn1CC2. The number of benzene rings is 3. The van der Waals surface area contributed by atoms with Crippen molar-refractivity contribution < 1.29 is 20.1 Å². The van der Waals surface area contributed by atoms with Gasteiger partial charge in [-0.05, 0) is 29.3 Å². The Morgan fingerprint density at radius 3 is 2.44 bits per heavy atom. The third-order valence-corrected chi connectivity index (χ3v) is 5.81. The molecule has 1 aliphatic heterocycles. The van der Waals surface area contributed by atoms with Crippen molar-refractivity contribution in [3.05, 3.63) is 132 Å². The van der Waals surface area contributed by atoms with Crippen LogP contribution in [-0.4, -0.2) is 14.5 Å². The molecule has 0 bridgehead atoms. The minimum atomic E-state index is 0. The van der Waals surface area contributed by atoms with Crippen molar-refractivity contribution in [1.29, 1.82) is 0 Å². The number of imidazole rings is 1. The Bertz CT molecular complexity index is 1580. The number of aromatic nitrogens is 3. The monoisotopic (exact) mass is 642 g/mol. The van der Waals surface area contributed by atoms with Gasteiger partial charge in [0.15, 0.2) is 11.4 Å². The molecule has 175 valence electrons. The van der Waals surface area contributed by atoms with Crippen LogP contribution < -0.4 is 0 Å². The summed E-state index contributed by atoms with van der Waals surface area (Å²) in [5.41, 5.74) is 6.34. The number of rotatable bonds is 2. The Kier molecular flexibility index (Phi) is 7.83. The average Bonchev–Trinajstić information content (AvgIpc) is 3.43. The Balaban J connectivity index is 0.000000185. The van der Waals surface area contributed by atoms with Gasteiger partial charge in [0.1, 0.15) is 0 Å². The van der Waals surface area contributed by atoms with Crippen LogP contribution in [0.3, 0.4) is 0 Å². The van der Waals surface area contributed by atoms with Gasteiger partial charge in [-0.25, -0.2) is 0 Å². The molecule has 2 aromatic heterocycles. The summed E-state index contributed by atoms with van der Waals surface area (Å²) in [5, 5.41) is 0. The van der Waals surface area contributed by atoms with Crippen LogP contribution in [0.4, 0.5) is 11.4 Å². The third-order valence-electron chi connectivity index (χ3n) is 5.81. The normalized spacial score (nSPS) is 10.8. The molecule has 1 radical (unpaired) electrons. The standard InChI is InChI=1S/C19H10N3.C11H9N2.Ir/c1-20-17-12-6-10-16(19(17)21-2)18-15(11-7-13-22-18)14-8-4-3-5-9-14;1-2-4-10-9(3-1)5-7-13-8-6-12-11(10)13;/h3-9,11-13H;1-3,6,8H,5,7H2;/q2*-1;. The fraction of sp³-hybridized carbons (Fsp3) is 0.0667. The summed E-state index contributed by atoms with van der Waals surface area (Å²) in [7, 11) is 0. The minimum absolute atomic E-state index is 0. The second-order valence-electron chi connectivity index (χ2n) is 7.84. The van der Waals surface area contributed by atoms with E-state index in [2.05, 4.69) is 42.4 Å². The van der Waals surface area contributed by atoms with Gasteiger partial charge in [-0.2, -0.15) is 6.07 Å². The maximum absolute atomic E-state index is 7.39. The first-order valence-electron chi connectivity index (χ1n) is 11.1. The first kappa shape index (κ1) is 24.8. The van der Waals surface area contributed by atoms with E-state index in [0.29, 0.717) is 22.6 Å². The summed E-state index contributed by atoms with van der Waals surface area (Å²) in [6.07, 6.45) is 6.66. The summed E-state index contributed by atoms with van der Waals surface area (Å²) in [6, 6.07) is 29.4. The average molecular weight is 642 g/mol. The first-order valence-corrected chi connectivity index (χ1v) is 11.1. The van der Waals surface area contributed by atoms with Crippen LogP contribution in [0.25, 0.3) is 43.5 Å². The molecule has 36 heavy (non-hydrogen) atoms. The molecule has 0 spiro atoms. The van der Waals surface area contributed by atoms with Crippen LogP contribution in [0.15, 0.2) is 91.4 Å². The largest absolute Gasteiger partial charge is 0.371 e. The van der Waals surface area contributed by atoms with Crippen molar-refractivity contribution in [2.75, 3.05) is 0 Å². The van der Waals surface area contributed by atoms with E-state index in [0.717, 1.165) is 29.9 Å².